The number of amides is 1. The van der Waals surface area contributed by atoms with Gasteiger partial charge in [0.1, 0.15) is 0 Å². The molecule has 9 nitrogen and oxygen atoms in total. The van der Waals surface area contributed by atoms with Crippen molar-refractivity contribution in [3.05, 3.63) is 44.1 Å². The number of rotatable bonds is 6. The second-order valence-electron chi connectivity index (χ2n) is 9.37. The molecule has 184 valence electrons. The highest BCUT2D eigenvalue weighted by Gasteiger charge is 2.30. The number of carbonyl (C=O) groups is 1. The third-order valence-electron chi connectivity index (χ3n) is 5.31. The Balaban J connectivity index is 1.79. The maximum Gasteiger partial charge on any atom is 0.258 e. The van der Waals surface area contributed by atoms with E-state index in [4.69, 9.17) is 0 Å². The van der Waals surface area contributed by atoms with Gasteiger partial charge >= 0.3 is 0 Å². The molecule has 0 aliphatic rings. The van der Waals surface area contributed by atoms with Crippen LogP contribution in [0.5, 0.6) is 5.75 Å². The van der Waals surface area contributed by atoms with Crippen LogP contribution in [-0.2, 0) is 0 Å². The summed E-state index contributed by atoms with van der Waals surface area (Å²) in [5.41, 5.74) is 1.15. The second-order valence-corrected chi connectivity index (χ2v) is 12.1. The predicted octanol–water partition coefficient (Wildman–Crippen LogP) is 5.96. The van der Waals surface area contributed by atoms with Crippen molar-refractivity contribution in [2.24, 2.45) is 5.41 Å². The van der Waals surface area contributed by atoms with E-state index in [2.05, 4.69) is 85.1 Å². The molecule has 1 aromatic carbocycles. The van der Waals surface area contributed by atoms with Crippen LogP contribution in [0.2, 0.25) is 0 Å². The van der Waals surface area contributed by atoms with Crippen LogP contribution < -0.4 is 10.6 Å². The smallest absolute Gasteiger partial charge is 0.258 e. The number of aryl methyl sites for hydroxylation is 1. The van der Waals surface area contributed by atoms with Gasteiger partial charge < -0.3 is 20.6 Å². The lowest BCUT2D eigenvalue weighted by Gasteiger charge is -2.31. The van der Waals surface area contributed by atoms with Crippen LogP contribution in [0.3, 0.4) is 0 Å². The van der Waals surface area contributed by atoms with Crippen LogP contribution >= 0.6 is 39.0 Å². The molecule has 0 radical (unpaired) electrons. The fraction of sp³-hybridized carbons (Fsp3) is 0.348. The largest absolute Gasteiger partial charge is 0.505 e. The van der Waals surface area contributed by atoms with Crippen molar-refractivity contribution >= 4 is 73.5 Å². The lowest BCUT2D eigenvalue weighted by molar-refractivity contribution is 0.0824. The number of nitrogens with zero attached hydrogens (tertiary/aromatic N) is 5. The minimum Gasteiger partial charge on any atom is -0.505 e. The zero-order valence-corrected chi connectivity index (χ0v) is 23.4. The Hall–Kier alpha value is -2.83. The van der Waals surface area contributed by atoms with Crippen LogP contribution in [0, 0.1) is 12.3 Å². The number of phenols is 1. The summed E-state index contributed by atoms with van der Waals surface area (Å²) in [5.74, 6) is 0.318. The summed E-state index contributed by atoms with van der Waals surface area (Å²) in [4.78, 5) is 25.8. The van der Waals surface area contributed by atoms with Gasteiger partial charge in [0, 0.05) is 28.3 Å². The summed E-state index contributed by atoms with van der Waals surface area (Å²) in [6.45, 7) is 8.55. The summed E-state index contributed by atoms with van der Waals surface area (Å²) < 4.78 is 8.95. The highest BCUT2D eigenvalue weighted by molar-refractivity contribution is 9.10. The van der Waals surface area contributed by atoms with Gasteiger partial charge in [0.2, 0.25) is 11.3 Å². The number of halogens is 1. The predicted molar refractivity (Wildman–Crippen MR) is 145 cm³/mol. The Morgan fingerprint density at radius 1 is 1.09 bits per heavy atom. The van der Waals surface area contributed by atoms with Crippen molar-refractivity contribution in [1.82, 2.24) is 23.6 Å². The van der Waals surface area contributed by atoms with E-state index in [0.29, 0.717) is 33.1 Å². The van der Waals surface area contributed by atoms with Crippen molar-refractivity contribution in [2.75, 3.05) is 24.7 Å². The first-order valence-electron chi connectivity index (χ1n) is 10.8. The molecule has 35 heavy (non-hydrogen) atoms. The molecule has 3 N–H and O–H groups in total. The Morgan fingerprint density at radius 3 is 2.31 bits per heavy atom. The second kappa shape index (κ2) is 9.67. The van der Waals surface area contributed by atoms with Gasteiger partial charge in [-0.3, -0.25) is 4.79 Å². The summed E-state index contributed by atoms with van der Waals surface area (Å²) in [6.07, 6.45) is 0. The minimum atomic E-state index is -0.331. The Bertz CT molecular complexity index is 1390. The number of aromatic nitrogens is 4. The van der Waals surface area contributed by atoms with Crippen LogP contribution in [0.4, 0.5) is 17.3 Å². The fourth-order valence-corrected chi connectivity index (χ4v) is 5.61. The molecule has 4 aromatic rings. The maximum atomic E-state index is 12.7. The fourth-order valence-electron chi connectivity index (χ4n) is 3.51. The highest BCUT2D eigenvalue weighted by Crippen LogP contribution is 2.41. The van der Waals surface area contributed by atoms with Crippen LogP contribution in [-0.4, -0.2) is 48.7 Å². The van der Waals surface area contributed by atoms with E-state index >= 15 is 0 Å². The number of phenolic OH excluding ortho intramolecular Hbond substituents is 1. The highest BCUT2D eigenvalue weighted by atomic mass is 79.9. The molecule has 0 aliphatic heterocycles. The first-order valence-corrected chi connectivity index (χ1v) is 13.1. The topological polar surface area (TPSA) is 116 Å². The van der Waals surface area contributed by atoms with Gasteiger partial charge in [-0.15, -0.1) is 11.3 Å². The van der Waals surface area contributed by atoms with E-state index in [1.165, 1.54) is 14.7 Å². The molecule has 3 aromatic heterocycles. The number of thiophene rings is 1. The molecule has 0 fully saturated rings. The Morgan fingerprint density at radius 2 is 1.74 bits per heavy atom. The first kappa shape index (κ1) is 25.3. The average Bonchev–Trinajstić information content (AvgIpc) is 3.41. The van der Waals surface area contributed by atoms with Gasteiger partial charge in [0.25, 0.3) is 5.91 Å². The van der Waals surface area contributed by atoms with Crippen LogP contribution in [0.1, 0.15) is 46.9 Å². The Labute approximate surface area is 220 Å². The Kier molecular flexibility index (Phi) is 6.98. The third kappa shape index (κ3) is 5.24. The van der Waals surface area contributed by atoms with Gasteiger partial charge in [0.05, 0.1) is 29.0 Å². The number of fused-ring (bicyclic) bond motifs is 1. The molecule has 4 rings (SSSR count). The maximum absolute atomic E-state index is 12.7. The molecular formula is C23H26BrN7O2S2. The van der Waals surface area contributed by atoms with Gasteiger partial charge in [-0.25, -0.2) is 9.97 Å². The zero-order chi connectivity index (χ0) is 25.5. The average molecular weight is 577 g/mol. The molecule has 12 heteroatoms. The van der Waals surface area contributed by atoms with E-state index in [1.807, 2.05) is 0 Å². The van der Waals surface area contributed by atoms with E-state index in [9.17, 15) is 9.90 Å². The van der Waals surface area contributed by atoms with E-state index in [1.54, 1.807) is 37.6 Å². The summed E-state index contributed by atoms with van der Waals surface area (Å²) in [6, 6.07) is 7.53. The monoisotopic (exact) mass is 575 g/mol. The van der Waals surface area contributed by atoms with Gasteiger partial charge in [-0.2, -0.15) is 8.75 Å². The number of hydrogen-bond acceptors (Lipinski definition) is 10. The first-order chi connectivity index (χ1) is 16.5. The molecule has 0 spiro atoms. The quantitative estimate of drug-likeness (QED) is 0.241. The van der Waals surface area contributed by atoms with Crippen molar-refractivity contribution in [3.8, 4) is 5.75 Å². The zero-order valence-electron chi connectivity index (χ0n) is 20.2. The SMILES string of the molecule is Cc1ccc([C@H](Nc2nc3nsnc3nc2Nc2ccc(Br)c(C(=O)N(C)C)c2O)C(C)(C)C)s1. The van der Waals surface area contributed by atoms with Gasteiger partial charge in [0.15, 0.2) is 17.4 Å². The van der Waals surface area contributed by atoms with Crippen molar-refractivity contribution in [3.63, 3.8) is 0 Å². The number of nitrogens with one attached hydrogen (secondary N) is 2. The summed E-state index contributed by atoms with van der Waals surface area (Å²) in [7, 11) is 3.26. The summed E-state index contributed by atoms with van der Waals surface area (Å²) in [5, 5.41) is 17.7. The molecule has 0 saturated heterocycles. The van der Waals surface area contributed by atoms with Crippen LogP contribution in [0.15, 0.2) is 28.7 Å². The molecule has 3 heterocycles. The van der Waals surface area contributed by atoms with E-state index < -0.39 is 0 Å². The minimum absolute atomic E-state index is 0.0653. The van der Waals surface area contributed by atoms with Gasteiger partial charge in [-0.1, -0.05) is 20.8 Å². The number of benzene rings is 1. The molecule has 1 atom stereocenters. The number of hydrogen-bond donors (Lipinski definition) is 3. The van der Waals surface area contributed by atoms with Crippen molar-refractivity contribution in [2.45, 2.75) is 33.7 Å². The van der Waals surface area contributed by atoms with Crippen molar-refractivity contribution in [1.29, 1.82) is 0 Å². The van der Waals surface area contributed by atoms with E-state index in [-0.39, 0.29) is 28.7 Å². The third-order valence-corrected chi connectivity index (χ3v) is 7.54. The molecule has 0 aliphatic carbocycles. The standard InChI is InChI=1S/C23H26BrN7O2S2/c1-11-7-10-14(34-11)17(23(2,3)4)26-19-18(27-20-21(28-19)30-35-29-20)25-13-9-8-12(24)15(16(13)32)22(33)31(5)6/h7-10,17,32H,1-6H3,(H,25,27,29)(H,26,28,30)/t17-/m0/s1. The lowest BCUT2D eigenvalue weighted by atomic mass is 9.86. The number of anilines is 3. The molecular weight excluding hydrogens is 550 g/mol. The lowest BCUT2D eigenvalue weighted by Crippen LogP contribution is -2.26. The molecule has 0 bridgehead atoms. The number of aromatic hydroxyl groups is 1. The van der Waals surface area contributed by atoms with Crippen molar-refractivity contribution < 1.29 is 9.90 Å². The summed E-state index contributed by atoms with van der Waals surface area (Å²) >= 11 is 6.12. The van der Waals surface area contributed by atoms with Gasteiger partial charge in [-0.05, 0) is 52.5 Å². The normalized spacial score (nSPS) is 12.5. The molecule has 0 saturated carbocycles. The number of carbonyl (C=O) groups excluding carboxylic acids is 1. The molecule has 1 amide bonds. The molecule has 0 unspecified atom stereocenters. The van der Waals surface area contributed by atoms with Crippen LogP contribution in [0.25, 0.3) is 11.3 Å². The van der Waals surface area contributed by atoms with E-state index in [0.717, 1.165) is 11.7 Å².